The number of halogens is 3. The van der Waals surface area contributed by atoms with Gasteiger partial charge < -0.3 is 9.84 Å². The molecule has 0 aliphatic heterocycles. The molecule has 86 valence electrons. The van der Waals surface area contributed by atoms with Crippen molar-refractivity contribution in [3.8, 4) is 0 Å². The Kier molecular flexibility index (Phi) is 4.78. The number of alkyl halides is 3. The average molecular weight is 237 g/mol. The molecular weight excluding hydrogens is 227 g/mol. The lowest BCUT2D eigenvalue weighted by molar-refractivity contribution is -0.0451. The third kappa shape index (κ3) is 4.22. The summed E-state index contributed by atoms with van der Waals surface area (Å²) >= 11 is 0. The second kappa shape index (κ2) is 4.91. The molecule has 0 rings (SSSR count). The standard InChI is InChI=1S/C5H10F3NO4S/c1-13-3-4(10)2-9-14(11,12)5(6,7)8/h4,9-10H,2-3H2,1H3. The fourth-order valence-corrected chi connectivity index (χ4v) is 1.11. The number of hydrogen-bond donors (Lipinski definition) is 2. The summed E-state index contributed by atoms with van der Waals surface area (Å²) in [7, 11) is -4.15. The summed E-state index contributed by atoms with van der Waals surface area (Å²) in [6, 6.07) is 0. The van der Waals surface area contributed by atoms with Crippen LogP contribution in [0.3, 0.4) is 0 Å². The van der Waals surface area contributed by atoms with Gasteiger partial charge in [-0.25, -0.2) is 13.1 Å². The SMILES string of the molecule is COCC(O)CNS(=O)(=O)C(F)(F)F. The third-order valence-electron chi connectivity index (χ3n) is 1.17. The number of methoxy groups -OCH3 is 1. The monoisotopic (exact) mass is 237 g/mol. The topological polar surface area (TPSA) is 75.6 Å². The summed E-state index contributed by atoms with van der Waals surface area (Å²) in [6.45, 7) is -0.990. The van der Waals surface area contributed by atoms with E-state index in [-0.39, 0.29) is 6.61 Å². The molecule has 0 fully saturated rings. The summed E-state index contributed by atoms with van der Waals surface area (Å²) in [5, 5.41) is 8.86. The van der Waals surface area contributed by atoms with E-state index in [1.807, 2.05) is 0 Å². The molecule has 0 radical (unpaired) electrons. The zero-order valence-electron chi connectivity index (χ0n) is 7.21. The Morgan fingerprint density at radius 1 is 1.50 bits per heavy atom. The van der Waals surface area contributed by atoms with E-state index in [1.54, 1.807) is 0 Å². The van der Waals surface area contributed by atoms with E-state index >= 15 is 0 Å². The van der Waals surface area contributed by atoms with Crippen molar-refractivity contribution >= 4 is 10.0 Å². The van der Waals surface area contributed by atoms with Gasteiger partial charge >= 0.3 is 15.5 Å². The normalized spacial score (nSPS) is 15.5. The van der Waals surface area contributed by atoms with Gasteiger partial charge in [0.15, 0.2) is 0 Å². The minimum atomic E-state index is -5.38. The second-order valence-corrected chi connectivity index (χ2v) is 4.17. The van der Waals surface area contributed by atoms with Gasteiger partial charge in [-0.3, -0.25) is 0 Å². The third-order valence-corrected chi connectivity index (χ3v) is 2.33. The van der Waals surface area contributed by atoms with Gasteiger partial charge in [-0.1, -0.05) is 0 Å². The van der Waals surface area contributed by atoms with E-state index in [4.69, 9.17) is 5.11 Å². The van der Waals surface area contributed by atoms with Crippen molar-refractivity contribution in [1.82, 2.24) is 4.72 Å². The number of rotatable bonds is 5. The van der Waals surface area contributed by atoms with Crippen LogP contribution >= 0.6 is 0 Å². The Hall–Kier alpha value is -0.380. The molecule has 0 aliphatic carbocycles. The molecule has 0 heterocycles. The molecule has 0 saturated heterocycles. The molecule has 2 N–H and O–H groups in total. The number of hydrogen-bond acceptors (Lipinski definition) is 4. The first-order chi connectivity index (χ1) is 6.20. The smallest absolute Gasteiger partial charge is 0.389 e. The number of nitrogens with one attached hydrogen (secondary N) is 1. The molecular formula is C5H10F3NO4S. The number of aliphatic hydroxyl groups excluding tert-OH is 1. The van der Waals surface area contributed by atoms with Crippen LogP contribution in [0.15, 0.2) is 0 Å². The van der Waals surface area contributed by atoms with Crippen LogP contribution in [0, 0.1) is 0 Å². The maximum absolute atomic E-state index is 11.7. The highest BCUT2D eigenvalue weighted by Gasteiger charge is 2.45. The molecule has 0 amide bonds. The maximum atomic E-state index is 11.7. The van der Waals surface area contributed by atoms with Crippen molar-refractivity contribution in [1.29, 1.82) is 0 Å². The van der Waals surface area contributed by atoms with Gasteiger partial charge in [-0.15, -0.1) is 0 Å². The fourth-order valence-electron chi connectivity index (χ4n) is 0.539. The van der Waals surface area contributed by atoms with Gasteiger partial charge in [0.05, 0.1) is 12.7 Å². The Morgan fingerprint density at radius 2 is 2.00 bits per heavy atom. The number of aliphatic hydroxyl groups is 1. The van der Waals surface area contributed by atoms with E-state index in [0.29, 0.717) is 0 Å². The lowest BCUT2D eigenvalue weighted by atomic mass is 10.4. The zero-order valence-corrected chi connectivity index (χ0v) is 8.02. The van der Waals surface area contributed by atoms with Crippen molar-refractivity contribution in [3.05, 3.63) is 0 Å². The van der Waals surface area contributed by atoms with Gasteiger partial charge in [0.2, 0.25) is 0 Å². The Bertz CT molecular complexity index is 263. The predicted molar refractivity (Wildman–Crippen MR) is 40.9 cm³/mol. The minimum absolute atomic E-state index is 0.250. The molecule has 5 nitrogen and oxygen atoms in total. The zero-order chi connectivity index (χ0) is 11.4. The lowest BCUT2D eigenvalue weighted by Crippen LogP contribution is -2.41. The van der Waals surface area contributed by atoms with Crippen LogP contribution in [0.4, 0.5) is 13.2 Å². The van der Waals surface area contributed by atoms with E-state index in [0.717, 1.165) is 0 Å². The molecule has 0 aromatic carbocycles. The van der Waals surface area contributed by atoms with Crippen LogP contribution in [-0.4, -0.2) is 45.4 Å². The molecule has 9 heteroatoms. The van der Waals surface area contributed by atoms with E-state index in [1.165, 1.54) is 11.8 Å². The van der Waals surface area contributed by atoms with Crippen LogP contribution in [0.1, 0.15) is 0 Å². The molecule has 1 unspecified atom stereocenters. The van der Waals surface area contributed by atoms with Crippen molar-refractivity contribution in [2.75, 3.05) is 20.3 Å². The molecule has 14 heavy (non-hydrogen) atoms. The van der Waals surface area contributed by atoms with Crippen LogP contribution in [0.5, 0.6) is 0 Å². The average Bonchev–Trinajstić information content (AvgIpc) is 1.99. The first-order valence-electron chi connectivity index (χ1n) is 3.43. The summed E-state index contributed by atoms with van der Waals surface area (Å²) < 4.78 is 61.5. The summed E-state index contributed by atoms with van der Waals surface area (Å²) in [5.41, 5.74) is -5.36. The first kappa shape index (κ1) is 13.6. The summed E-state index contributed by atoms with van der Waals surface area (Å²) in [6.07, 6.45) is -1.31. The van der Waals surface area contributed by atoms with Gasteiger partial charge in [0, 0.05) is 13.7 Å². The first-order valence-corrected chi connectivity index (χ1v) is 4.92. The predicted octanol–water partition coefficient (Wildman–Crippen LogP) is -0.567. The van der Waals surface area contributed by atoms with Gasteiger partial charge in [0.1, 0.15) is 0 Å². The van der Waals surface area contributed by atoms with Crippen LogP contribution in [0.2, 0.25) is 0 Å². The summed E-state index contributed by atoms with van der Waals surface area (Å²) in [5.74, 6) is 0. The molecule has 0 bridgehead atoms. The molecule has 0 saturated carbocycles. The quantitative estimate of drug-likeness (QED) is 0.671. The van der Waals surface area contributed by atoms with Crippen LogP contribution in [0.25, 0.3) is 0 Å². The Balaban J connectivity index is 4.14. The maximum Gasteiger partial charge on any atom is 0.511 e. The minimum Gasteiger partial charge on any atom is -0.389 e. The fraction of sp³-hybridized carbons (Fsp3) is 1.00. The molecule has 0 spiro atoms. The number of sulfonamides is 1. The van der Waals surface area contributed by atoms with E-state index < -0.39 is 28.2 Å². The molecule has 0 aromatic heterocycles. The van der Waals surface area contributed by atoms with Crippen molar-refractivity contribution in [2.24, 2.45) is 0 Å². The van der Waals surface area contributed by atoms with Crippen LogP contribution in [-0.2, 0) is 14.8 Å². The largest absolute Gasteiger partial charge is 0.511 e. The molecule has 0 aromatic rings. The Labute approximate surface area is 78.9 Å². The highest BCUT2D eigenvalue weighted by atomic mass is 32.2. The van der Waals surface area contributed by atoms with Crippen molar-refractivity contribution in [2.45, 2.75) is 11.6 Å². The summed E-state index contributed by atoms with van der Waals surface area (Å²) in [4.78, 5) is 0. The molecule has 0 aliphatic rings. The van der Waals surface area contributed by atoms with Gasteiger partial charge in [-0.2, -0.15) is 13.2 Å². The van der Waals surface area contributed by atoms with Crippen molar-refractivity contribution < 1.29 is 31.4 Å². The highest BCUT2D eigenvalue weighted by molar-refractivity contribution is 7.90. The van der Waals surface area contributed by atoms with E-state index in [2.05, 4.69) is 4.74 Å². The van der Waals surface area contributed by atoms with Gasteiger partial charge in [-0.05, 0) is 0 Å². The molecule has 1 atom stereocenters. The highest BCUT2D eigenvalue weighted by Crippen LogP contribution is 2.21. The lowest BCUT2D eigenvalue weighted by Gasteiger charge is -2.12. The van der Waals surface area contributed by atoms with E-state index in [9.17, 15) is 21.6 Å². The Morgan fingerprint density at radius 3 is 2.36 bits per heavy atom. The second-order valence-electron chi connectivity index (χ2n) is 2.41. The van der Waals surface area contributed by atoms with Crippen molar-refractivity contribution in [3.63, 3.8) is 0 Å². The van der Waals surface area contributed by atoms with Crippen LogP contribution < -0.4 is 4.72 Å². The number of ether oxygens (including phenoxy) is 1. The van der Waals surface area contributed by atoms with Gasteiger partial charge in [0.25, 0.3) is 0 Å².